The quantitative estimate of drug-likeness (QED) is 0.849. The van der Waals surface area contributed by atoms with Crippen LogP contribution in [0.1, 0.15) is 37.0 Å². The van der Waals surface area contributed by atoms with Gasteiger partial charge in [-0.1, -0.05) is 6.07 Å². The summed E-state index contributed by atoms with van der Waals surface area (Å²) in [5.74, 6) is 0.884. The molecular formula is C14H17NO2S. The molecule has 1 aliphatic heterocycles. The van der Waals surface area contributed by atoms with E-state index in [1.165, 1.54) is 0 Å². The summed E-state index contributed by atoms with van der Waals surface area (Å²) in [5, 5.41) is 18.7. The molecule has 1 N–H and O–H groups in total. The van der Waals surface area contributed by atoms with Gasteiger partial charge in [0.25, 0.3) is 0 Å². The van der Waals surface area contributed by atoms with Crippen molar-refractivity contribution in [3.05, 3.63) is 29.3 Å². The molecule has 1 saturated heterocycles. The van der Waals surface area contributed by atoms with Gasteiger partial charge in [-0.05, 0) is 37.5 Å². The predicted molar refractivity (Wildman–Crippen MR) is 71.5 cm³/mol. The van der Waals surface area contributed by atoms with Crippen LogP contribution < -0.4 is 0 Å². The van der Waals surface area contributed by atoms with Crippen molar-refractivity contribution in [2.45, 2.75) is 36.9 Å². The van der Waals surface area contributed by atoms with Gasteiger partial charge in [-0.15, -0.1) is 11.8 Å². The normalized spacial score (nSPS) is 20.6. The lowest BCUT2D eigenvalue weighted by Gasteiger charge is -2.14. The Morgan fingerprint density at radius 1 is 1.61 bits per heavy atom. The van der Waals surface area contributed by atoms with Crippen LogP contribution in [0.5, 0.6) is 0 Å². The number of hydrogen-bond acceptors (Lipinski definition) is 4. The maximum Gasteiger partial charge on any atom is 0.0992 e. The van der Waals surface area contributed by atoms with Crippen molar-refractivity contribution in [3.8, 4) is 6.07 Å². The van der Waals surface area contributed by atoms with E-state index in [9.17, 15) is 5.11 Å². The van der Waals surface area contributed by atoms with Gasteiger partial charge in [-0.25, -0.2) is 0 Å². The van der Waals surface area contributed by atoms with Crippen molar-refractivity contribution in [2.75, 3.05) is 12.4 Å². The van der Waals surface area contributed by atoms with Crippen molar-refractivity contribution < 1.29 is 9.84 Å². The monoisotopic (exact) mass is 263 g/mol. The van der Waals surface area contributed by atoms with Crippen molar-refractivity contribution >= 4 is 11.8 Å². The van der Waals surface area contributed by atoms with Gasteiger partial charge in [-0.2, -0.15) is 5.26 Å². The summed E-state index contributed by atoms with van der Waals surface area (Å²) >= 11 is 1.67. The molecule has 0 amide bonds. The van der Waals surface area contributed by atoms with E-state index in [-0.39, 0.29) is 0 Å². The average Bonchev–Trinajstić information content (AvgIpc) is 2.88. The van der Waals surface area contributed by atoms with E-state index in [0.29, 0.717) is 11.7 Å². The van der Waals surface area contributed by atoms with E-state index in [0.717, 1.165) is 35.7 Å². The van der Waals surface area contributed by atoms with Crippen LogP contribution >= 0.6 is 11.8 Å². The Kier molecular flexibility index (Phi) is 4.65. The first-order valence-electron chi connectivity index (χ1n) is 6.17. The summed E-state index contributed by atoms with van der Waals surface area (Å²) in [6.45, 7) is 2.60. The number of hydrogen-bond donors (Lipinski definition) is 1. The largest absolute Gasteiger partial charge is 0.389 e. The van der Waals surface area contributed by atoms with E-state index in [1.54, 1.807) is 24.8 Å². The first-order valence-corrected chi connectivity index (χ1v) is 7.16. The molecule has 1 aliphatic rings. The van der Waals surface area contributed by atoms with E-state index < -0.39 is 6.10 Å². The van der Waals surface area contributed by atoms with Gasteiger partial charge in [0.15, 0.2) is 0 Å². The highest BCUT2D eigenvalue weighted by atomic mass is 32.2. The number of aliphatic hydroxyl groups excluding tert-OH is 1. The second-order valence-electron chi connectivity index (χ2n) is 4.49. The van der Waals surface area contributed by atoms with Gasteiger partial charge in [0.2, 0.25) is 0 Å². The van der Waals surface area contributed by atoms with E-state index in [2.05, 4.69) is 6.07 Å². The van der Waals surface area contributed by atoms with Gasteiger partial charge in [0.05, 0.1) is 23.8 Å². The third kappa shape index (κ3) is 3.26. The van der Waals surface area contributed by atoms with Crippen LogP contribution in [0.2, 0.25) is 0 Å². The van der Waals surface area contributed by atoms with Crippen LogP contribution in [-0.2, 0) is 4.74 Å². The lowest BCUT2D eigenvalue weighted by atomic mass is 10.1. The fourth-order valence-electron chi connectivity index (χ4n) is 2.03. The zero-order chi connectivity index (χ0) is 13.0. The van der Waals surface area contributed by atoms with Gasteiger partial charge in [0.1, 0.15) is 0 Å². The molecule has 1 fully saturated rings. The zero-order valence-corrected chi connectivity index (χ0v) is 11.2. The van der Waals surface area contributed by atoms with Crippen LogP contribution in [-0.4, -0.2) is 23.6 Å². The molecule has 0 bridgehead atoms. The van der Waals surface area contributed by atoms with Crippen molar-refractivity contribution in [2.24, 2.45) is 0 Å². The molecule has 2 atom stereocenters. The molecule has 18 heavy (non-hydrogen) atoms. The number of ether oxygens (including phenoxy) is 1. The van der Waals surface area contributed by atoms with Crippen molar-refractivity contribution in [1.29, 1.82) is 5.26 Å². The number of nitriles is 1. The maximum atomic E-state index is 9.73. The van der Waals surface area contributed by atoms with Crippen LogP contribution in [0, 0.1) is 11.3 Å². The second-order valence-corrected chi connectivity index (χ2v) is 5.55. The molecule has 0 spiro atoms. The van der Waals surface area contributed by atoms with Crippen LogP contribution in [0.25, 0.3) is 0 Å². The maximum absolute atomic E-state index is 9.73. The number of thioether (sulfide) groups is 1. The molecule has 1 heterocycles. The molecule has 0 aliphatic carbocycles. The summed E-state index contributed by atoms with van der Waals surface area (Å²) in [4.78, 5) is 0.986. The molecular weight excluding hydrogens is 246 g/mol. The Morgan fingerprint density at radius 3 is 3.06 bits per heavy atom. The minimum Gasteiger partial charge on any atom is -0.389 e. The van der Waals surface area contributed by atoms with E-state index in [4.69, 9.17) is 10.00 Å². The lowest BCUT2D eigenvalue weighted by Crippen LogP contribution is -2.08. The standard InChI is InChI=1S/C14H17NO2S/c1-10(16)13-5-4-11(8-15)7-14(13)18-9-12-3-2-6-17-12/h4-5,7,10,12,16H,2-3,6,9H2,1H3/t10-,12?/m1/s1. The topological polar surface area (TPSA) is 53.2 Å². The van der Waals surface area contributed by atoms with E-state index in [1.807, 2.05) is 12.1 Å². The molecule has 0 saturated carbocycles. The SMILES string of the molecule is C[C@@H](O)c1ccc(C#N)cc1SCC1CCCO1. The molecule has 96 valence electrons. The molecule has 0 radical (unpaired) electrons. The molecule has 0 aromatic heterocycles. The number of aliphatic hydroxyl groups is 1. The molecule has 2 rings (SSSR count). The highest BCUT2D eigenvalue weighted by Crippen LogP contribution is 2.30. The summed E-state index contributed by atoms with van der Waals surface area (Å²) in [6, 6.07) is 7.57. The van der Waals surface area contributed by atoms with Gasteiger partial charge in [-0.3, -0.25) is 0 Å². The number of benzene rings is 1. The fourth-order valence-corrected chi connectivity index (χ4v) is 3.28. The van der Waals surface area contributed by atoms with Gasteiger partial charge < -0.3 is 9.84 Å². The Labute approximate surface area is 112 Å². The number of nitrogens with zero attached hydrogens (tertiary/aromatic N) is 1. The summed E-state index contributed by atoms with van der Waals surface area (Å²) < 4.78 is 5.58. The summed E-state index contributed by atoms with van der Waals surface area (Å²) in [5.41, 5.74) is 1.52. The minimum atomic E-state index is -0.510. The second kappa shape index (κ2) is 6.24. The lowest BCUT2D eigenvalue weighted by molar-refractivity contribution is 0.129. The molecule has 4 heteroatoms. The third-order valence-electron chi connectivity index (χ3n) is 3.04. The molecule has 1 unspecified atom stereocenters. The Morgan fingerprint density at radius 2 is 2.44 bits per heavy atom. The first kappa shape index (κ1) is 13.4. The average molecular weight is 263 g/mol. The Bertz CT molecular complexity index is 448. The molecule has 3 nitrogen and oxygen atoms in total. The zero-order valence-electron chi connectivity index (χ0n) is 10.4. The highest BCUT2D eigenvalue weighted by molar-refractivity contribution is 7.99. The smallest absolute Gasteiger partial charge is 0.0992 e. The van der Waals surface area contributed by atoms with E-state index >= 15 is 0 Å². The van der Waals surface area contributed by atoms with Crippen LogP contribution in [0.3, 0.4) is 0 Å². The third-order valence-corrected chi connectivity index (χ3v) is 4.24. The van der Waals surface area contributed by atoms with Gasteiger partial charge in [0, 0.05) is 17.3 Å². The summed E-state index contributed by atoms with van der Waals surface area (Å²) in [6.07, 6.45) is 2.04. The van der Waals surface area contributed by atoms with Crippen molar-refractivity contribution in [3.63, 3.8) is 0 Å². The van der Waals surface area contributed by atoms with Gasteiger partial charge >= 0.3 is 0 Å². The highest BCUT2D eigenvalue weighted by Gasteiger charge is 2.17. The Hall–Kier alpha value is -1.02. The predicted octanol–water partition coefficient (Wildman–Crippen LogP) is 2.88. The van der Waals surface area contributed by atoms with Crippen LogP contribution in [0.4, 0.5) is 0 Å². The minimum absolute atomic E-state index is 0.308. The molecule has 1 aromatic carbocycles. The van der Waals surface area contributed by atoms with Crippen molar-refractivity contribution in [1.82, 2.24) is 0 Å². The first-order chi connectivity index (χ1) is 8.70. The number of rotatable bonds is 4. The fraction of sp³-hybridized carbons (Fsp3) is 0.500. The summed E-state index contributed by atoms with van der Waals surface area (Å²) in [7, 11) is 0. The Balaban J connectivity index is 2.10. The molecule has 1 aromatic rings. The van der Waals surface area contributed by atoms with Crippen LogP contribution in [0.15, 0.2) is 23.1 Å².